The Kier molecular flexibility index (Phi) is 25.8. The number of hydrogen-bond acceptors (Lipinski definition) is 8. The van der Waals surface area contributed by atoms with E-state index in [1.54, 1.807) is 29.2 Å². The SMILES string of the molecule is [CH2-]C(=O)NCCN(CCNC([CH2-])=O)CC(=O)NCc1cccc(CNC(=O)[C@H](CC(=O)O)NC(=O)[C@H](CC(C)C)N(C)C(C)=O)c1.[Gd].[Gd]. The first-order chi connectivity index (χ1) is 21.6. The van der Waals surface area contributed by atoms with Gasteiger partial charge < -0.3 is 60.0 Å². The van der Waals surface area contributed by atoms with Crippen LogP contribution in [0.25, 0.3) is 0 Å². The Morgan fingerprint density at radius 3 is 1.81 bits per heavy atom. The third-order valence-electron chi connectivity index (χ3n) is 6.79. The molecule has 1 aromatic rings. The molecule has 48 heavy (non-hydrogen) atoms. The average molecular weight is 960 g/mol. The standard InChI is InChI=1S/C31H47N7O8.2Gd/c1-20(2)14-27(37(6)23(5)41)31(46)36-26(16-29(43)44)30(45)35-18-25-9-7-8-24(15-25)17-34-28(42)19-38(12-10-32-21(3)39)13-11-33-22(4)40;;/h7-9,15,20,26-27H,3-4,10-14,16-19H2,1-2,5-6H3,(H,32,39)(H,33,40)(H,34,42)(H,35,45)(H,36,46)(H,43,44);;/q-2;;/t26-,27-;;/m0../s1. The molecule has 6 N–H and O–H groups in total. The van der Waals surface area contributed by atoms with Gasteiger partial charge in [0.25, 0.3) is 0 Å². The molecular weight excluding hydrogens is 913 g/mol. The van der Waals surface area contributed by atoms with Crippen LogP contribution in [0.2, 0.25) is 0 Å². The summed E-state index contributed by atoms with van der Waals surface area (Å²) in [6.45, 7) is 13.0. The molecule has 1 aromatic carbocycles. The average Bonchev–Trinajstić information content (AvgIpc) is 2.96. The molecule has 0 fully saturated rings. The van der Waals surface area contributed by atoms with Crippen molar-refractivity contribution in [2.75, 3.05) is 39.8 Å². The number of hydrogen-bond donors (Lipinski definition) is 6. The van der Waals surface area contributed by atoms with Crippen LogP contribution in [0.15, 0.2) is 24.3 Å². The number of aliphatic carboxylic acids is 1. The van der Waals surface area contributed by atoms with Crippen LogP contribution in [-0.4, -0.2) is 108 Å². The zero-order valence-corrected chi connectivity index (χ0v) is 32.3. The maximum Gasteiger partial charge on any atom is 0.305 e. The molecule has 1 rings (SSSR count). The molecule has 0 aromatic heterocycles. The molecule has 0 spiro atoms. The summed E-state index contributed by atoms with van der Waals surface area (Å²) >= 11 is 0. The Hall–Kier alpha value is -2.14. The molecule has 0 aliphatic heterocycles. The van der Waals surface area contributed by atoms with Crippen molar-refractivity contribution < 1.29 is 119 Å². The fourth-order valence-corrected chi connectivity index (χ4v) is 4.36. The molecule has 0 aliphatic rings. The van der Waals surface area contributed by atoms with Gasteiger partial charge in [0.05, 0.1) is 24.8 Å². The number of carbonyl (C=O) groups excluding carboxylic acids is 6. The number of carbonyl (C=O) groups is 7. The van der Waals surface area contributed by atoms with E-state index in [0.717, 1.165) is 5.56 Å². The van der Waals surface area contributed by atoms with Gasteiger partial charge in [-0.3, -0.25) is 28.9 Å². The smallest absolute Gasteiger partial charge is 0.305 e. The van der Waals surface area contributed by atoms with E-state index in [0.29, 0.717) is 25.1 Å². The quantitative estimate of drug-likeness (QED) is 0.0884. The van der Waals surface area contributed by atoms with Crippen molar-refractivity contribution in [1.82, 2.24) is 36.4 Å². The van der Waals surface area contributed by atoms with Gasteiger partial charge in [-0.1, -0.05) is 38.1 Å². The van der Waals surface area contributed by atoms with Crippen molar-refractivity contribution in [1.29, 1.82) is 0 Å². The third kappa shape index (κ3) is 21.1. The fraction of sp³-hybridized carbons (Fsp3) is 0.516. The summed E-state index contributed by atoms with van der Waals surface area (Å²) in [6, 6.07) is 4.79. The minimum absolute atomic E-state index is 0. The van der Waals surface area contributed by atoms with Gasteiger partial charge in [-0.15, -0.1) is 0 Å². The molecule has 0 saturated heterocycles. The van der Waals surface area contributed by atoms with E-state index in [-0.39, 0.29) is 130 Å². The molecule has 0 radical (unpaired) electrons. The van der Waals surface area contributed by atoms with Gasteiger partial charge >= 0.3 is 5.97 Å². The maximum absolute atomic E-state index is 13.0. The normalized spacial score (nSPS) is 11.5. The van der Waals surface area contributed by atoms with Gasteiger partial charge in [0, 0.05) is 133 Å². The van der Waals surface area contributed by atoms with Gasteiger partial charge in [0.15, 0.2) is 0 Å². The summed E-state index contributed by atoms with van der Waals surface area (Å²) in [6.07, 6.45) is -0.323. The van der Waals surface area contributed by atoms with Crippen LogP contribution in [0.4, 0.5) is 0 Å². The van der Waals surface area contributed by atoms with E-state index in [2.05, 4.69) is 40.4 Å². The molecule has 15 nitrogen and oxygen atoms in total. The van der Waals surface area contributed by atoms with Crippen molar-refractivity contribution in [3.05, 3.63) is 49.2 Å². The predicted molar refractivity (Wildman–Crippen MR) is 169 cm³/mol. The number of carboxylic acids is 1. The summed E-state index contributed by atoms with van der Waals surface area (Å²) in [5, 5.41) is 22.5. The fourth-order valence-electron chi connectivity index (χ4n) is 4.36. The van der Waals surface area contributed by atoms with Crippen LogP contribution in [0.1, 0.15) is 44.7 Å². The molecule has 0 unspecified atom stereocenters. The van der Waals surface area contributed by atoms with Crippen molar-refractivity contribution in [2.45, 2.75) is 58.8 Å². The first kappa shape index (κ1) is 48.0. The molecule has 0 aliphatic carbocycles. The molecule has 0 heterocycles. The number of benzene rings is 1. The van der Waals surface area contributed by atoms with Crippen LogP contribution in [0, 0.1) is 99.6 Å². The van der Waals surface area contributed by atoms with Gasteiger partial charge in [-0.2, -0.15) is 0 Å². The number of carboxylic acid groups (broad SMARTS) is 1. The molecule has 272 valence electrons. The number of likely N-dealkylation sites (N-methyl/N-ethyl adjacent to an activating group) is 1. The van der Waals surface area contributed by atoms with Crippen LogP contribution in [-0.2, 0) is 46.7 Å². The zero-order chi connectivity index (χ0) is 34.8. The van der Waals surface area contributed by atoms with Gasteiger partial charge in [0.1, 0.15) is 12.1 Å². The van der Waals surface area contributed by atoms with E-state index in [1.165, 1.54) is 18.9 Å². The first-order valence-electron chi connectivity index (χ1n) is 14.9. The number of amides is 6. The summed E-state index contributed by atoms with van der Waals surface area (Å²) in [5.74, 6) is -4.07. The van der Waals surface area contributed by atoms with Crippen LogP contribution >= 0.6 is 0 Å². The van der Waals surface area contributed by atoms with Gasteiger partial charge in [-0.05, 0) is 23.5 Å². The zero-order valence-electron chi connectivity index (χ0n) is 27.7. The predicted octanol–water partition coefficient (Wildman–Crippen LogP) is -1.03. The Morgan fingerprint density at radius 2 is 1.35 bits per heavy atom. The molecule has 17 heteroatoms. The van der Waals surface area contributed by atoms with E-state index < -0.39 is 48.1 Å². The second kappa shape index (κ2) is 25.8. The van der Waals surface area contributed by atoms with Crippen LogP contribution in [0.3, 0.4) is 0 Å². The molecule has 0 bridgehead atoms. The number of nitrogens with one attached hydrogen (secondary N) is 5. The van der Waals surface area contributed by atoms with Crippen molar-refractivity contribution >= 4 is 41.4 Å². The van der Waals surface area contributed by atoms with Crippen LogP contribution in [0.5, 0.6) is 0 Å². The Bertz CT molecular complexity index is 1220. The summed E-state index contributed by atoms with van der Waals surface area (Å²) in [7, 11) is 1.48. The van der Waals surface area contributed by atoms with Crippen molar-refractivity contribution in [3.8, 4) is 0 Å². The first-order valence-corrected chi connectivity index (χ1v) is 14.9. The molecule has 6 amide bonds. The van der Waals surface area contributed by atoms with Gasteiger partial charge in [-0.25, -0.2) is 0 Å². The summed E-state index contributed by atoms with van der Waals surface area (Å²) in [4.78, 5) is 87.2. The minimum Gasteiger partial charge on any atom is -0.481 e. The molecule has 0 saturated carbocycles. The Morgan fingerprint density at radius 1 is 0.833 bits per heavy atom. The monoisotopic (exact) mass is 961 g/mol. The summed E-state index contributed by atoms with van der Waals surface area (Å²) < 4.78 is 0. The van der Waals surface area contributed by atoms with Crippen LogP contribution < -0.4 is 26.6 Å². The van der Waals surface area contributed by atoms with Gasteiger partial charge in [0.2, 0.25) is 23.6 Å². The Balaban J connectivity index is 0. The summed E-state index contributed by atoms with van der Waals surface area (Å²) in [5.41, 5.74) is 1.41. The number of nitrogens with zero attached hydrogens (tertiary/aromatic N) is 2. The van der Waals surface area contributed by atoms with E-state index in [4.69, 9.17) is 0 Å². The molecular formula is C31H47Gd2N7O8-2. The number of rotatable bonds is 20. The van der Waals surface area contributed by atoms with Crippen molar-refractivity contribution in [2.24, 2.45) is 5.92 Å². The van der Waals surface area contributed by atoms with E-state index in [9.17, 15) is 38.7 Å². The van der Waals surface area contributed by atoms with Crippen molar-refractivity contribution in [3.63, 3.8) is 0 Å². The second-order valence-corrected chi connectivity index (χ2v) is 11.2. The Labute approximate surface area is 346 Å². The van der Waals surface area contributed by atoms with E-state index >= 15 is 0 Å². The second-order valence-electron chi connectivity index (χ2n) is 11.2. The maximum atomic E-state index is 13.0. The third-order valence-corrected chi connectivity index (χ3v) is 6.79. The minimum atomic E-state index is -1.37. The topological polar surface area (TPSA) is 206 Å². The molecule has 2 atom stereocenters. The largest absolute Gasteiger partial charge is 0.481 e. The van der Waals surface area contributed by atoms with E-state index in [1.807, 2.05) is 13.8 Å².